The zero-order valence-corrected chi connectivity index (χ0v) is 13.4. The van der Waals surface area contributed by atoms with Crippen molar-refractivity contribution >= 4 is 23.9 Å². The molecule has 9 heteroatoms. The number of nitrogens with zero attached hydrogens (tertiary/aromatic N) is 1. The standard InChI is InChI=1S/C14H22N2O7/c1-14(2,3)23-13(22)16(9(12(20)21)7-10(17)18)11(19)8-5-4-6-15-8/h8-9,15H,4-7H2,1-3H3,(H,17,18)(H,20,21)/t8-,9-/m0/s1. The molecule has 1 heterocycles. The van der Waals surface area contributed by atoms with E-state index in [1.807, 2.05) is 0 Å². The molecule has 0 spiro atoms. The molecule has 2 amide bonds. The van der Waals surface area contributed by atoms with Crippen LogP contribution in [0.4, 0.5) is 4.79 Å². The van der Waals surface area contributed by atoms with Crippen molar-refractivity contribution in [3.05, 3.63) is 0 Å². The largest absolute Gasteiger partial charge is 0.481 e. The van der Waals surface area contributed by atoms with E-state index in [1.165, 1.54) is 0 Å². The van der Waals surface area contributed by atoms with Gasteiger partial charge in [0.05, 0.1) is 12.5 Å². The molecule has 0 aromatic heterocycles. The normalized spacial score (nSPS) is 19.0. The van der Waals surface area contributed by atoms with E-state index in [-0.39, 0.29) is 0 Å². The minimum atomic E-state index is -1.82. The Morgan fingerprint density at radius 2 is 1.87 bits per heavy atom. The molecule has 2 atom stereocenters. The van der Waals surface area contributed by atoms with E-state index in [2.05, 4.69) is 5.32 Å². The van der Waals surface area contributed by atoms with Gasteiger partial charge < -0.3 is 20.3 Å². The van der Waals surface area contributed by atoms with E-state index in [9.17, 15) is 24.3 Å². The van der Waals surface area contributed by atoms with E-state index in [0.29, 0.717) is 24.3 Å². The van der Waals surface area contributed by atoms with Gasteiger partial charge in [0.15, 0.2) is 6.04 Å². The first-order valence-corrected chi connectivity index (χ1v) is 7.27. The van der Waals surface area contributed by atoms with Gasteiger partial charge in [-0.15, -0.1) is 0 Å². The fourth-order valence-electron chi connectivity index (χ4n) is 2.20. The summed E-state index contributed by atoms with van der Waals surface area (Å²) in [7, 11) is 0. The monoisotopic (exact) mass is 330 g/mol. The van der Waals surface area contributed by atoms with Crippen LogP contribution in [0.15, 0.2) is 0 Å². The molecule has 1 saturated heterocycles. The van der Waals surface area contributed by atoms with Crippen LogP contribution in [0.3, 0.4) is 0 Å². The fraction of sp³-hybridized carbons (Fsp3) is 0.714. The van der Waals surface area contributed by atoms with Crippen molar-refractivity contribution in [3.8, 4) is 0 Å². The molecular formula is C14H22N2O7. The Balaban J connectivity index is 3.11. The number of aliphatic carboxylic acids is 2. The number of hydrogen-bond acceptors (Lipinski definition) is 6. The maximum atomic E-state index is 12.5. The number of carboxylic acid groups (broad SMARTS) is 2. The summed E-state index contributed by atoms with van der Waals surface area (Å²) in [6, 6.07) is -2.55. The average molecular weight is 330 g/mol. The average Bonchev–Trinajstić information content (AvgIpc) is 2.88. The van der Waals surface area contributed by atoms with Crippen LogP contribution in [0.1, 0.15) is 40.0 Å². The number of imide groups is 1. The molecule has 1 fully saturated rings. The van der Waals surface area contributed by atoms with Gasteiger partial charge in [0.25, 0.3) is 0 Å². The first-order chi connectivity index (χ1) is 10.5. The Morgan fingerprint density at radius 1 is 1.26 bits per heavy atom. The van der Waals surface area contributed by atoms with E-state index >= 15 is 0 Å². The first kappa shape index (κ1) is 18.9. The predicted octanol–water partition coefficient (Wildman–Crippen LogP) is 0.430. The molecule has 0 radical (unpaired) electrons. The van der Waals surface area contributed by atoms with Crippen LogP contribution in [-0.2, 0) is 19.1 Å². The molecular weight excluding hydrogens is 308 g/mol. The van der Waals surface area contributed by atoms with Crippen LogP contribution in [0, 0.1) is 0 Å². The summed E-state index contributed by atoms with van der Waals surface area (Å²) in [5.74, 6) is -3.80. The summed E-state index contributed by atoms with van der Waals surface area (Å²) in [4.78, 5) is 47.5. The Hall–Kier alpha value is -2.16. The summed E-state index contributed by atoms with van der Waals surface area (Å²) >= 11 is 0. The highest BCUT2D eigenvalue weighted by Crippen LogP contribution is 2.18. The number of nitrogens with one attached hydrogen (secondary N) is 1. The van der Waals surface area contributed by atoms with Gasteiger partial charge in [-0.1, -0.05) is 0 Å². The highest BCUT2D eigenvalue weighted by molar-refractivity contribution is 6.00. The number of carboxylic acids is 2. The van der Waals surface area contributed by atoms with E-state index in [1.54, 1.807) is 20.8 Å². The minimum absolute atomic E-state index is 0.407. The summed E-state index contributed by atoms with van der Waals surface area (Å²) in [6.45, 7) is 5.26. The third-order valence-electron chi connectivity index (χ3n) is 3.15. The lowest BCUT2D eigenvalue weighted by atomic mass is 10.1. The number of hydrogen-bond donors (Lipinski definition) is 3. The SMILES string of the molecule is CC(C)(C)OC(=O)N(C(=O)[C@@H]1CCCN1)[C@@H](CC(=O)O)C(=O)O. The molecule has 130 valence electrons. The van der Waals surface area contributed by atoms with E-state index in [0.717, 1.165) is 0 Å². The number of ether oxygens (including phenoxy) is 1. The van der Waals surface area contributed by atoms with E-state index in [4.69, 9.17) is 9.84 Å². The van der Waals surface area contributed by atoms with Crippen LogP contribution in [0.25, 0.3) is 0 Å². The summed E-state index contributed by atoms with van der Waals surface area (Å²) in [5, 5.41) is 21.0. The second-order valence-corrected chi connectivity index (χ2v) is 6.29. The van der Waals surface area contributed by atoms with Gasteiger partial charge in [-0.3, -0.25) is 9.59 Å². The maximum Gasteiger partial charge on any atom is 0.417 e. The molecule has 0 aromatic rings. The molecule has 0 unspecified atom stereocenters. The van der Waals surface area contributed by atoms with Gasteiger partial charge in [0.2, 0.25) is 5.91 Å². The Morgan fingerprint density at radius 3 is 2.26 bits per heavy atom. The zero-order chi connectivity index (χ0) is 17.8. The molecule has 1 rings (SSSR count). The third-order valence-corrected chi connectivity index (χ3v) is 3.15. The van der Waals surface area contributed by atoms with Gasteiger partial charge in [-0.05, 0) is 40.2 Å². The van der Waals surface area contributed by atoms with Crippen molar-refractivity contribution in [2.75, 3.05) is 6.54 Å². The molecule has 0 aliphatic carbocycles. The van der Waals surface area contributed by atoms with Crippen molar-refractivity contribution in [2.45, 2.75) is 57.7 Å². The molecule has 0 bridgehead atoms. The topological polar surface area (TPSA) is 133 Å². The summed E-state index contributed by atoms with van der Waals surface area (Å²) < 4.78 is 5.08. The quantitative estimate of drug-likeness (QED) is 0.661. The Bertz CT molecular complexity index is 492. The number of carbonyl (C=O) groups is 4. The van der Waals surface area contributed by atoms with Gasteiger partial charge >= 0.3 is 18.0 Å². The van der Waals surface area contributed by atoms with Gasteiger partial charge in [-0.25, -0.2) is 14.5 Å². The summed E-state index contributed by atoms with van der Waals surface area (Å²) in [6.07, 6.45) is -0.912. The lowest BCUT2D eigenvalue weighted by Gasteiger charge is -2.31. The van der Waals surface area contributed by atoms with Gasteiger partial charge in [-0.2, -0.15) is 0 Å². The van der Waals surface area contributed by atoms with E-state index < -0.39 is 48.0 Å². The smallest absolute Gasteiger partial charge is 0.417 e. The second kappa shape index (κ2) is 7.40. The maximum absolute atomic E-state index is 12.5. The summed E-state index contributed by atoms with van der Waals surface area (Å²) in [5.41, 5.74) is -0.953. The van der Waals surface area contributed by atoms with Gasteiger partial charge in [0, 0.05) is 0 Å². The highest BCUT2D eigenvalue weighted by Gasteiger charge is 2.42. The molecule has 0 saturated carbocycles. The molecule has 1 aliphatic heterocycles. The van der Waals surface area contributed by atoms with Crippen molar-refractivity contribution in [3.63, 3.8) is 0 Å². The number of rotatable bonds is 5. The Labute approximate surface area is 133 Å². The zero-order valence-electron chi connectivity index (χ0n) is 13.4. The second-order valence-electron chi connectivity index (χ2n) is 6.29. The number of amides is 2. The van der Waals surface area contributed by atoms with Crippen molar-refractivity contribution in [2.24, 2.45) is 0 Å². The highest BCUT2D eigenvalue weighted by atomic mass is 16.6. The molecule has 9 nitrogen and oxygen atoms in total. The lowest BCUT2D eigenvalue weighted by molar-refractivity contribution is -0.154. The molecule has 0 aromatic carbocycles. The van der Waals surface area contributed by atoms with Crippen LogP contribution < -0.4 is 5.32 Å². The number of carbonyl (C=O) groups excluding carboxylic acids is 2. The minimum Gasteiger partial charge on any atom is -0.481 e. The molecule has 1 aliphatic rings. The van der Waals surface area contributed by atoms with Crippen molar-refractivity contribution in [1.29, 1.82) is 0 Å². The van der Waals surface area contributed by atoms with Gasteiger partial charge in [0.1, 0.15) is 5.60 Å². The Kier molecular flexibility index (Phi) is 6.08. The molecule has 23 heavy (non-hydrogen) atoms. The fourth-order valence-corrected chi connectivity index (χ4v) is 2.20. The van der Waals surface area contributed by atoms with Crippen molar-refractivity contribution in [1.82, 2.24) is 10.2 Å². The van der Waals surface area contributed by atoms with Crippen LogP contribution in [0.2, 0.25) is 0 Å². The molecule has 3 N–H and O–H groups in total. The van der Waals surface area contributed by atoms with Crippen LogP contribution >= 0.6 is 0 Å². The first-order valence-electron chi connectivity index (χ1n) is 7.27. The van der Waals surface area contributed by atoms with Crippen LogP contribution in [0.5, 0.6) is 0 Å². The third kappa shape index (κ3) is 5.51. The predicted molar refractivity (Wildman–Crippen MR) is 77.8 cm³/mol. The lowest BCUT2D eigenvalue weighted by Crippen LogP contribution is -2.55. The van der Waals surface area contributed by atoms with Crippen molar-refractivity contribution < 1.29 is 34.1 Å². The van der Waals surface area contributed by atoms with Crippen LogP contribution in [-0.4, -0.2) is 63.3 Å².